The van der Waals surface area contributed by atoms with Crippen LogP contribution >= 0.6 is 0 Å². The lowest BCUT2D eigenvalue weighted by molar-refractivity contribution is 0.482. The summed E-state index contributed by atoms with van der Waals surface area (Å²) in [6.45, 7) is 12.6. The Morgan fingerprint density at radius 2 is 1.79 bits per heavy atom. The molecule has 188 valence electrons. The molecule has 0 N–H and O–H groups in total. The molecule has 0 bridgehead atoms. The van der Waals surface area contributed by atoms with Crippen LogP contribution in [0.5, 0.6) is 0 Å². The normalized spacial score (nSPS) is 26.7. The summed E-state index contributed by atoms with van der Waals surface area (Å²) in [5.41, 5.74) is 10.3. The highest BCUT2D eigenvalue weighted by Crippen LogP contribution is 2.51. The van der Waals surface area contributed by atoms with Gasteiger partial charge in [0.15, 0.2) is 0 Å². The van der Waals surface area contributed by atoms with Gasteiger partial charge in [-0.1, -0.05) is 93.0 Å². The SMILES string of the molecule is C=CC1=CCC(C)(N2c3cc4c(cc3C3C=CC=CC32)c2c(n4-c3ccc(C=C)cc3)C=CC(C)C2)C=C1. The third kappa shape index (κ3) is 3.33. The van der Waals surface area contributed by atoms with E-state index < -0.39 is 0 Å². The second-order valence-corrected chi connectivity index (χ2v) is 11.4. The van der Waals surface area contributed by atoms with Crippen molar-refractivity contribution in [3.63, 3.8) is 0 Å². The lowest BCUT2D eigenvalue weighted by atomic mass is 9.86. The smallest absolute Gasteiger partial charge is 0.0601 e. The molecule has 0 amide bonds. The van der Waals surface area contributed by atoms with Gasteiger partial charge in [-0.25, -0.2) is 0 Å². The molecule has 4 unspecified atom stereocenters. The molecule has 4 aliphatic rings. The largest absolute Gasteiger partial charge is 0.355 e. The molecule has 3 aromatic rings. The Kier molecular flexibility index (Phi) is 5.16. The first-order chi connectivity index (χ1) is 18.5. The highest BCUT2D eigenvalue weighted by atomic mass is 15.3. The summed E-state index contributed by atoms with van der Waals surface area (Å²) in [6, 6.07) is 14.1. The average molecular weight is 495 g/mol. The van der Waals surface area contributed by atoms with Crippen LogP contribution in [0.1, 0.15) is 48.6 Å². The number of hydrogen-bond acceptors (Lipinski definition) is 1. The lowest BCUT2D eigenvalue weighted by Crippen LogP contribution is -2.49. The highest BCUT2D eigenvalue weighted by Gasteiger charge is 2.45. The van der Waals surface area contributed by atoms with Crippen LogP contribution in [-0.4, -0.2) is 16.1 Å². The third-order valence-electron chi connectivity index (χ3n) is 8.95. The number of anilines is 1. The van der Waals surface area contributed by atoms with Crippen LogP contribution in [0.4, 0.5) is 5.69 Å². The second kappa shape index (κ2) is 8.49. The Labute approximate surface area is 226 Å². The van der Waals surface area contributed by atoms with E-state index in [1.165, 1.54) is 44.7 Å². The summed E-state index contributed by atoms with van der Waals surface area (Å²) in [5, 5.41) is 1.39. The van der Waals surface area contributed by atoms with E-state index >= 15 is 0 Å². The molecule has 2 heterocycles. The Balaban J connectivity index is 1.48. The van der Waals surface area contributed by atoms with Gasteiger partial charge in [-0.2, -0.15) is 0 Å². The summed E-state index contributed by atoms with van der Waals surface area (Å²) in [5.74, 6) is 0.897. The number of allylic oxidation sites excluding steroid dienone is 6. The fraction of sp³-hybridized carbons (Fsp3) is 0.222. The second-order valence-electron chi connectivity index (χ2n) is 11.4. The molecule has 38 heavy (non-hydrogen) atoms. The third-order valence-corrected chi connectivity index (χ3v) is 8.95. The van der Waals surface area contributed by atoms with Gasteiger partial charge in [-0.3, -0.25) is 0 Å². The molecule has 0 spiro atoms. The van der Waals surface area contributed by atoms with E-state index in [9.17, 15) is 0 Å². The predicted octanol–water partition coefficient (Wildman–Crippen LogP) is 8.71. The molecular formula is C36H34N2. The van der Waals surface area contributed by atoms with Gasteiger partial charge in [0.2, 0.25) is 0 Å². The van der Waals surface area contributed by atoms with E-state index in [1.54, 1.807) is 0 Å². The maximum Gasteiger partial charge on any atom is 0.0601 e. The summed E-state index contributed by atoms with van der Waals surface area (Å²) in [6.07, 6.45) is 26.8. The molecule has 0 saturated heterocycles. The highest BCUT2D eigenvalue weighted by molar-refractivity contribution is 5.95. The molecular weight excluding hydrogens is 460 g/mol. The van der Waals surface area contributed by atoms with Crippen molar-refractivity contribution < 1.29 is 0 Å². The van der Waals surface area contributed by atoms with E-state index in [1.807, 2.05) is 12.2 Å². The minimum absolute atomic E-state index is 0.110. The van der Waals surface area contributed by atoms with Gasteiger partial charge in [0, 0.05) is 28.4 Å². The van der Waals surface area contributed by atoms with E-state index in [2.05, 4.69) is 128 Å². The maximum absolute atomic E-state index is 3.98. The molecule has 0 radical (unpaired) electrons. The first-order valence-corrected chi connectivity index (χ1v) is 13.8. The Morgan fingerprint density at radius 3 is 2.53 bits per heavy atom. The number of nitrogens with zero attached hydrogens (tertiary/aromatic N) is 2. The Morgan fingerprint density at radius 1 is 0.974 bits per heavy atom. The topological polar surface area (TPSA) is 8.17 Å². The van der Waals surface area contributed by atoms with Crippen LogP contribution < -0.4 is 4.90 Å². The van der Waals surface area contributed by atoms with Crippen molar-refractivity contribution in [3.8, 4) is 5.69 Å². The molecule has 3 aliphatic carbocycles. The van der Waals surface area contributed by atoms with Crippen molar-refractivity contribution in [1.82, 2.24) is 4.57 Å². The molecule has 2 heteroatoms. The minimum atomic E-state index is -0.110. The number of aromatic nitrogens is 1. The van der Waals surface area contributed by atoms with Crippen molar-refractivity contribution in [1.29, 1.82) is 0 Å². The monoisotopic (exact) mass is 494 g/mol. The van der Waals surface area contributed by atoms with Crippen LogP contribution in [0.2, 0.25) is 0 Å². The molecule has 0 fully saturated rings. The van der Waals surface area contributed by atoms with Crippen LogP contribution in [0.25, 0.3) is 28.7 Å². The summed E-state index contributed by atoms with van der Waals surface area (Å²) >= 11 is 0. The molecule has 1 aliphatic heterocycles. The van der Waals surface area contributed by atoms with Crippen molar-refractivity contribution >= 4 is 28.7 Å². The fourth-order valence-electron chi connectivity index (χ4n) is 6.94. The molecule has 0 saturated carbocycles. The van der Waals surface area contributed by atoms with Crippen LogP contribution in [0.3, 0.4) is 0 Å². The van der Waals surface area contributed by atoms with Crippen molar-refractivity contribution in [3.05, 3.63) is 132 Å². The fourth-order valence-corrected chi connectivity index (χ4v) is 6.94. The average Bonchev–Trinajstić information content (AvgIpc) is 3.44. The molecule has 2 aromatic carbocycles. The van der Waals surface area contributed by atoms with Crippen molar-refractivity contribution in [2.45, 2.75) is 44.2 Å². The van der Waals surface area contributed by atoms with Gasteiger partial charge in [0.1, 0.15) is 0 Å². The summed E-state index contributed by atoms with van der Waals surface area (Å²) in [4.78, 5) is 2.68. The first kappa shape index (κ1) is 23.1. The molecule has 2 nitrogen and oxygen atoms in total. The summed E-state index contributed by atoms with van der Waals surface area (Å²) < 4.78 is 2.47. The van der Waals surface area contributed by atoms with Crippen LogP contribution in [-0.2, 0) is 6.42 Å². The van der Waals surface area contributed by atoms with E-state index in [4.69, 9.17) is 0 Å². The van der Waals surface area contributed by atoms with Crippen LogP contribution in [0, 0.1) is 5.92 Å². The first-order valence-electron chi connectivity index (χ1n) is 13.8. The van der Waals surface area contributed by atoms with Gasteiger partial charge >= 0.3 is 0 Å². The van der Waals surface area contributed by atoms with E-state index in [0.717, 1.165) is 18.4 Å². The molecule has 7 rings (SSSR count). The maximum atomic E-state index is 3.98. The molecule has 1 aromatic heterocycles. The zero-order valence-electron chi connectivity index (χ0n) is 22.3. The van der Waals surface area contributed by atoms with Crippen molar-refractivity contribution in [2.24, 2.45) is 5.92 Å². The van der Waals surface area contributed by atoms with E-state index in [0.29, 0.717) is 17.9 Å². The Hall–Kier alpha value is -4.04. The van der Waals surface area contributed by atoms with Gasteiger partial charge in [0.25, 0.3) is 0 Å². The number of rotatable bonds is 4. The van der Waals surface area contributed by atoms with Crippen LogP contribution in [0.15, 0.2) is 110 Å². The standard InChI is InChI=1S/C36H34N2/c1-5-25-12-14-27(15-13-25)37-32-16-11-24(3)21-29(32)31-22-30-28-9-7-8-10-33(28)38(35(30)23-34(31)37)36(4)19-17-26(6-2)18-20-36/h5-19,22-24,28,33H,1-2,20-21H2,3-4H3. The minimum Gasteiger partial charge on any atom is -0.355 e. The zero-order chi connectivity index (χ0) is 26.0. The Bertz CT molecular complexity index is 1630. The van der Waals surface area contributed by atoms with Crippen molar-refractivity contribution in [2.75, 3.05) is 4.90 Å². The van der Waals surface area contributed by atoms with Gasteiger partial charge in [-0.15, -0.1) is 0 Å². The number of fused-ring (bicyclic) bond motifs is 6. The number of benzene rings is 2. The van der Waals surface area contributed by atoms with Gasteiger partial charge < -0.3 is 9.47 Å². The number of hydrogen-bond donors (Lipinski definition) is 0. The quantitative estimate of drug-likeness (QED) is 0.352. The molecule has 4 atom stereocenters. The zero-order valence-corrected chi connectivity index (χ0v) is 22.3. The summed E-state index contributed by atoms with van der Waals surface area (Å²) in [7, 11) is 0. The van der Waals surface area contributed by atoms with E-state index in [-0.39, 0.29) is 5.54 Å². The predicted molar refractivity (Wildman–Crippen MR) is 163 cm³/mol. The lowest BCUT2D eigenvalue weighted by Gasteiger charge is -2.44. The van der Waals surface area contributed by atoms with Gasteiger partial charge in [-0.05, 0) is 78.3 Å². The van der Waals surface area contributed by atoms with Gasteiger partial charge in [0.05, 0.1) is 17.1 Å².